The molecule has 13 heavy (non-hydrogen) atoms. The quantitative estimate of drug-likeness (QED) is 0.705. The minimum atomic E-state index is 0.689. The molecule has 0 aliphatic carbocycles. The van der Waals surface area contributed by atoms with Crippen LogP contribution < -0.4 is 0 Å². The average Bonchev–Trinajstić information content (AvgIpc) is 2.62. The maximum atomic E-state index is 4.11. The molecule has 0 bridgehead atoms. The molecule has 0 spiro atoms. The molecule has 0 fully saturated rings. The van der Waals surface area contributed by atoms with Crippen molar-refractivity contribution in [3.05, 3.63) is 24.4 Å². The van der Waals surface area contributed by atoms with Crippen molar-refractivity contribution in [2.45, 2.75) is 0 Å². The summed E-state index contributed by atoms with van der Waals surface area (Å²) in [6.45, 7) is 0. The van der Waals surface area contributed by atoms with Crippen molar-refractivity contribution >= 4 is 29.9 Å². The number of nitrogens with one attached hydrogen (secondary N) is 1. The Hall–Kier alpha value is -1.36. The number of imidazole rings is 1. The third-order valence-corrected chi connectivity index (χ3v) is 1.84. The Labute approximate surface area is 80.5 Å². The molecular formula is C8H8N4S. The second-order valence-electron chi connectivity index (χ2n) is 2.44. The van der Waals surface area contributed by atoms with Crippen molar-refractivity contribution in [1.29, 1.82) is 0 Å². The molecule has 5 heteroatoms. The lowest BCUT2D eigenvalue weighted by Gasteiger charge is -1.92. The molecule has 2 rings (SSSR count). The van der Waals surface area contributed by atoms with Gasteiger partial charge in [-0.25, -0.2) is 15.0 Å². The van der Waals surface area contributed by atoms with Crippen LogP contribution in [0.2, 0.25) is 0 Å². The van der Waals surface area contributed by atoms with Crippen molar-refractivity contribution in [3.8, 4) is 0 Å². The van der Waals surface area contributed by atoms with Crippen molar-refractivity contribution in [1.82, 2.24) is 19.9 Å². The number of fused-ring (bicyclic) bond motifs is 1. The minimum absolute atomic E-state index is 0.689. The van der Waals surface area contributed by atoms with E-state index in [0.717, 1.165) is 11.2 Å². The summed E-state index contributed by atoms with van der Waals surface area (Å²) in [7, 11) is 0. The third-order valence-electron chi connectivity index (χ3n) is 1.63. The third kappa shape index (κ3) is 1.55. The van der Waals surface area contributed by atoms with Crippen LogP contribution in [0.4, 0.5) is 0 Å². The van der Waals surface area contributed by atoms with Crippen LogP contribution >= 0.6 is 12.6 Å². The highest BCUT2D eigenvalue weighted by atomic mass is 32.1. The SMILES string of the molecule is SCC=Cc1ncnc2nc[nH]c12. The molecule has 0 radical (unpaired) electrons. The zero-order valence-electron chi connectivity index (χ0n) is 6.81. The molecular weight excluding hydrogens is 184 g/mol. The fourth-order valence-corrected chi connectivity index (χ4v) is 1.18. The van der Waals surface area contributed by atoms with E-state index < -0.39 is 0 Å². The minimum Gasteiger partial charge on any atom is -0.341 e. The fourth-order valence-electron chi connectivity index (χ4n) is 1.07. The average molecular weight is 192 g/mol. The molecule has 0 amide bonds. The van der Waals surface area contributed by atoms with Crippen molar-refractivity contribution in [2.24, 2.45) is 0 Å². The maximum absolute atomic E-state index is 4.11. The molecule has 0 unspecified atom stereocenters. The Morgan fingerprint density at radius 2 is 2.31 bits per heavy atom. The van der Waals surface area contributed by atoms with Crippen LogP contribution in [0.5, 0.6) is 0 Å². The lowest BCUT2D eigenvalue weighted by atomic mass is 10.3. The van der Waals surface area contributed by atoms with E-state index in [0.29, 0.717) is 11.4 Å². The number of nitrogens with zero attached hydrogens (tertiary/aromatic N) is 3. The highest BCUT2D eigenvalue weighted by Gasteiger charge is 2.00. The van der Waals surface area contributed by atoms with Gasteiger partial charge in [0.05, 0.1) is 12.0 Å². The molecule has 0 aliphatic heterocycles. The van der Waals surface area contributed by atoms with Gasteiger partial charge in [0, 0.05) is 5.75 Å². The first-order valence-corrected chi connectivity index (χ1v) is 4.46. The topological polar surface area (TPSA) is 54.5 Å². The van der Waals surface area contributed by atoms with E-state index in [2.05, 4.69) is 32.6 Å². The van der Waals surface area contributed by atoms with Gasteiger partial charge in [-0.3, -0.25) is 0 Å². The molecule has 4 nitrogen and oxygen atoms in total. The fraction of sp³-hybridized carbons (Fsp3) is 0.125. The highest BCUT2D eigenvalue weighted by Crippen LogP contribution is 2.10. The molecule has 2 aromatic rings. The summed E-state index contributed by atoms with van der Waals surface area (Å²) >= 11 is 4.07. The van der Waals surface area contributed by atoms with Crippen LogP contribution in [0.25, 0.3) is 17.2 Å². The van der Waals surface area contributed by atoms with Crippen LogP contribution in [0.1, 0.15) is 5.69 Å². The van der Waals surface area contributed by atoms with Crippen LogP contribution in [-0.2, 0) is 0 Å². The first-order chi connectivity index (χ1) is 6.42. The zero-order chi connectivity index (χ0) is 9.10. The standard InChI is InChI=1S/C8H8N4S/c13-3-1-2-6-7-8(11-4-9-6)12-5-10-7/h1-2,4-5,13H,3H2,(H,9,10,11,12). The van der Waals surface area contributed by atoms with Crippen LogP contribution in [0.3, 0.4) is 0 Å². The van der Waals surface area contributed by atoms with E-state index in [-0.39, 0.29) is 0 Å². The first-order valence-electron chi connectivity index (χ1n) is 3.83. The van der Waals surface area contributed by atoms with E-state index >= 15 is 0 Å². The van der Waals surface area contributed by atoms with Crippen LogP contribution in [-0.4, -0.2) is 25.7 Å². The summed E-state index contributed by atoms with van der Waals surface area (Å²) in [6, 6.07) is 0. The molecule has 0 saturated carbocycles. The smallest absolute Gasteiger partial charge is 0.181 e. The van der Waals surface area contributed by atoms with Gasteiger partial charge in [0.1, 0.15) is 11.8 Å². The predicted molar refractivity (Wildman–Crippen MR) is 54.6 cm³/mol. The van der Waals surface area contributed by atoms with Gasteiger partial charge < -0.3 is 4.98 Å². The Kier molecular flexibility index (Phi) is 2.27. The number of rotatable bonds is 2. The largest absolute Gasteiger partial charge is 0.341 e. The van der Waals surface area contributed by atoms with Gasteiger partial charge in [0.2, 0.25) is 0 Å². The molecule has 0 atom stereocenters. The second kappa shape index (κ2) is 3.57. The number of hydrogen-bond donors (Lipinski definition) is 2. The molecule has 0 aromatic carbocycles. The zero-order valence-corrected chi connectivity index (χ0v) is 7.70. The number of H-pyrrole nitrogens is 1. The van der Waals surface area contributed by atoms with E-state index in [1.54, 1.807) is 6.33 Å². The van der Waals surface area contributed by atoms with Gasteiger partial charge in [0.25, 0.3) is 0 Å². The van der Waals surface area contributed by atoms with E-state index in [4.69, 9.17) is 0 Å². The van der Waals surface area contributed by atoms with Crippen molar-refractivity contribution in [2.75, 3.05) is 5.75 Å². The molecule has 2 aromatic heterocycles. The number of hydrogen-bond acceptors (Lipinski definition) is 4. The van der Waals surface area contributed by atoms with E-state index in [1.807, 2.05) is 12.2 Å². The summed E-state index contributed by atoms with van der Waals surface area (Å²) in [5, 5.41) is 0. The highest BCUT2D eigenvalue weighted by molar-refractivity contribution is 7.80. The normalized spacial score (nSPS) is 11.5. The van der Waals surface area contributed by atoms with Gasteiger partial charge in [-0.2, -0.15) is 12.6 Å². The summed E-state index contributed by atoms with van der Waals surface area (Å²) in [4.78, 5) is 15.1. The lowest BCUT2D eigenvalue weighted by Crippen LogP contribution is -1.86. The van der Waals surface area contributed by atoms with Gasteiger partial charge >= 0.3 is 0 Å². The summed E-state index contributed by atoms with van der Waals surface area (Å²) in [6.07, 6.45) is 6.93. The first kappa shape index (κ1) is 8.25. The van der Waals surface area contributed by atoms with Crippen molar-refractivity contribution < 1.29 is 0 Å². The molecule has 1 N–H and O–H groups in total. The van der Waals surface area contributed by atoms with Crippen molar-refractivity contribution in [3.63, 3.8) is 0 Å². The monoisotopic (exact) mass is 192 g/mol. The van der Waals surface area contributed by atoms with Gasteiger partial charge in [-0.1, -0.05) is 6.08 Å². The molecule has 2 heterocycles. The Bertz CT molecular complexity index is 434. The second-order valence-corrected chi connectivity index (χ2v) is 2.81. The lowest BCUT2D eigenvalue weighted by molar-refractivity contribution is 1.18. The Morgan fingerprint density at radius 1 is 1.38 bits per heavy atom. The summed E-state index contributed by atoms with van der Waals surface area (Å²) in [5.74, 6) is 0.694. The van der Waals surface area contributed by atoms with Gasteiger partial charge in [0.15, 0.2) is 5.65 Å². The maximum Gasteiger partial charge on any atom is 0.181 e. The van der Waals surface area contributed by atoms with E-state index in [9.17, 15) is 0 Å². The van der Waals surface area contributed by atoms with E-state index in [1.165, 1.54) is 6.33 Å². The Morgan fingerprint density at radius 3 is 3.15 bits per heavy atom. The number of thiol groups is 1. The predicted octanol–water partition coefficient (Wildman–Crippen LogP) is 1.30. The summed E-state index contributed by atoms with van der Waals surface area (Å²) < 4.78 is 0. The van der Waals surface area contributed by atoms with Gasteiger partial charge in [-0.05, 0) is 6.08 Å². The van der Waals surface area contributed by atoms with Crippen LogP contribution in [0, 0.1) is 0 Å². The molecule has 0 aliphatic rings. The summed E-state index contributed by atoms with van der Waals surface area (Å²) in [5.41, 5.74) is 2.39. The number of aromatic nitrogens is 4. The molecule has 66 valence electrons. The van der Waals surface area contributed by atoms with Gasteiger partial charge in [-0.15, -0.1) is 0 Å². The molecule has 0 saturated heterocycles. The van der Waals surface area contributed by atoms with Crippen LogP contribution in [0.15, 0.2) is 18.7 Å². The number of aromatic amines is 1. The Balaban J connectivity index is 2.54.